The summed E-state index contributed by atoms with van der Waals surface area (Å²) in [4.78, 5) is 19.5. The molecule has 0 bridgehead atoms. The zero-order valence-electron chi connectivity index (χ0n) is 13.4. The quantitative estimate of drug-likeness (QED) is 0.701. The third-order valence-electron chi connectivity index (χ3n) is 3.69. The van der Waals surface area contributed by atoms with Crippen LogP contribution in [-0.4, -0.2) is 45.5 Å². The summed E-state index contributed by atoms with van der Waals surface area (Å²) in [6.07, 6.45) is 3.97. The van der Waals surface area contributed by atoms with Crippen LogP contribution in [0.25, 0.3) is 5.65 Å². The fourth-order valence-electron chi connectivity index (χ4n) is 2.43. The number of aromatic nitrogens is 2. The van der Waals surface area contributed by atoms with Crippen molar-refractivity contribution in [1.82, 2.24) is 14.3 Å². The van der Waals surface area contributed by atoms with Crippen LogP contribution in [0.2, 0.25) is 0 Å². The normalized spacial score (nSPS) is 10.9. The Morgan fingerprint density at radius 2 is 2.04 bits per heavy atom. The molecule has 3 rings (SSSR count). The first-order chi connectivity index (χ1) is 11.7. The number of rotatable bonds is 6. The van der Waals surface area contributed by atoms with Gasteiger partial charge >= 0.3 is 0 Å². The predicted molar refractivity (Wildman–Crippen MR) is 95.2 cm³/mol. The molecule has 1 amide bonds. The average Bonchev–Trinajstić information content (AvgIpc) is 3.02. The maximum Gasteiger partial charge on any atom is 0.254 e. The van der Waals surface area contributed by atoms with Crippen LogP contribution in [0.3, 0.4) is 0 Å². The van der Waals surface area contributed by atoms with Crippen molar-refractivity contribution >= 4 is 23.3 Å². The van der Waals surface area contributed by atoms with Gasteiger partial charge in [0.15, 0.2) is 0 Å². The van der Waals surface area contributed by atoms with Crippen molar-refractivity contribution in [3.8, 4) is 0 Å². The number of imidazole rings is 1. The van der Waals surface area contributed by atoms with Crippen LogP contribution in [0.15, 0.2) is 59.8 Å². The summed E-state index contributed by atoms with van der Waals surface area (Å²) >= 11 is 1.59. The summed E-state index contributed by atoms with van der Waals surface area (Å²) in [6.45, 7) is 0.281. The van der Waals surface area contributed by atoms with Crippen LogP contribution in [-0.2, 0) is 5.75 Å². The summed E-state index contributed by atoms with van der Waals surface area (Å²) in [5, 5.41) is 9.01. The average molecular weight is 341 g/mol. The van der Waals surface area contributed by atoms with Gasteiger partial charge in [0, 0.05) is 36.6 Å². The molecular weight excluding hydrogens is 322 g/mol. The molecular formula is C18H19N3O2S. The van der Waals surface area contributed by atoms with Crippen LogP contribution in [0, 0.1) is 0 Å². The summed E-state index contributed by atoms with van der Waals surface area (Å²) in [7, 11) is 1.70. The number of pyridine rings is 1. The lowest BCUT2D eigenvalue weighted by Crippen LogP contribution is -2.29. The molecule has 0 saturated heterocycles. The van der Waals surface area contributed by atoms with E-state index in [1.165, 1.54) is 4.90 Å². The highest BCUT2D eigenvalue weighted by molar-refractivity contribution is 7.98. The molecule has 1 N–H and O–H groups in total. The number of aliphatic hydroxyl groups is 1. The minimum absolute atomic E-state index is 0.0429. The van der Waals surface area contributed by atoms with Crippen molar-refractivity contribution in [2.24, 2.45) is 0 Å². The van der Waals surface area contributed by atoms with Gasteiger partial charge in [-0.1, -0.05) is 18.2 Å². The number of carbonyl (C=O) groups is 1. The summed E-state index contributed by atoms with van der Waals surface area (Å²) in [6, 6.07) is 13.4. The molecule has 0 unspecified atom stereocenters. The molecule has 0 saturated carbocycles. The van der Waals surface area contributed by atoms with E-state index in [4.69, 9.17) is 5.11 Å². The number of thioether (sulfide) groups is 1. The summed E-state index contributed by atoms with van der Waals surface area (Å²) in [5.74, 6) is 0.609. The molecule has 124 valence electrons. The lowest BCUT2D eigenvalue weighted by Gasteiger charge is -2.17. The molecule has 0 fully saturated rings. The summed E-state index contributed by atoms with van der Waals surface area (Å²) in [5.41, 5.74) is 2.54. The topological polar surface area (TPSA) is 57.8 Å². The SMILES string of the molecule is CN(CCO)C(=O)c1ccccc1SCc1cn2ccccc2n1. The molecule has 1 aromatic carbocycles. The van der Waals surface area contributed by atoms with E-state index in [1.54, 1.807) is 18.8 Å². The van der Waals surface area contributed by atoms with Gasteiger partial charge in [0.2, 0.25) is 0 Å². The van der Waals surface area contributed by atoms with Gasteiger partial charge in [0.1, 0.15) is 5.65 Å². The fourth-order valence-corrected chi connectivity index (χ4v) is 3.36. The first-order valence-corrected chi connectivity index (χ1v) is 8.68. The maximum absolute atomic E-state index is 12.5. The molecule has 6 heteroatoms. The second-order valence-corrected chi connectivity index (χ2v) is 6.45. The molecule has 0 aliphatic carbocycles. The number of aliphatic hydroxyl groups excluding tert-OH is 1. The van der Waals surface area contributed by atoms with Gasteiger partial charge in [0.05, 0.1) is 17.9 Å². The number of carbonyl (C=O) groups excluding carboxylic acids is 1. The molecule has 0 aliphatic heterocycles. The van der Waals surface area contributed by atoms with Crippen molar-refractivity contribution in [2.75, 3.05) is 20.2 Å². The highest BCUT2D eigenvalue weighted by Crippen LogP contribution is 2.27. The Balaban J connectivity index is 1.76. The van der Waals surface area contributed by atoms with E-state index >= 15 is 0 Å². The second kappa shape index (κ2) is 7.51. The van der Waals surface area contributed by atoms with Crippen molar-refractivity contribution < 1.29 is 9.90 Å². The first kappa shape index (κ1) is 16.5. The molecule has 0 atom stereocenters. The van der Waals surface area contributed by atoms with Gasteiger partial charge in [-0.05, 0) is 24.3 Å². The predicted octanol–water partition coefficient (Wildman–Crippen LogP) is 2.69. The fraction of sp³-hybridized carbons (Fsp3) is 0.222. The molecule has 5 nitrogen and oxygen atoms in total. The van der Waals surface area contributed by atoms with E-state index in [0.717, 1.165) is 16.2 Å². The first-order valence-electron chi connectivity index (χ1n) is 7.70. The number of hydrogen-bond acceptors (Lipinski definition) is 4. The van der Waals surface area contributed by atoms with Crippen molar-refractivity contribution in [1.29, 1.82) is 0 Å². The molecule has 2 heterocycles. The van der Waals surface area contributed by atoms with Crippen LogP contribution < -0.4 is 0 Å². The highest BCUT2D eigenvalue weighted by atomic mass is 32.2. The van der Waals surface area contributed by atoms with E-state index in [0.29, 0.717) is 17.9 Å². The van der Waals surface area contributed by atoms with Crippen LogP contribution in [0.4, 0.5) is 0 Å². The van der Waals surface area contributed by atoms with Gasteiger partial charge in [-0.25, -0.2) is 4.98 Å². The third-order valence-corrected chi connectivity index (χ3v) is 4.80. The molecule has 24 heavy (non-hydrogen) atoms. The zero-order valence-corrected chi connectivity index (χ0v) is 14.2. The zero-order chi connectivity index (χ0) is 16.9. The Labute approximate surface area is 144 Å². The van der Waals surface area contributed by atoms with Crippen molar-refractivity contribution in [3.63, 3.8) is 0 Å². The van der Waals surface area contributed by atoms with Crippen LogP contribution in [0.5, 0.6) is 0 Å². The number of hydrogen-bond donors (Lipinski definition) is 1. The lowest BCUT2D eigenvalue weighted by molar-refractivity contribution is 0.0763. The van der Waals surface area contributed by atoms with Crippen LogP contribution in [0.1, 0.15) is 16.1 Å². The highest BCUT2D eigenvalue weighted by Gasteiger charge is 2.15. The van der Waals surface area contributed by atoms with E-state index in [9.17, 15) is 4.79 Å². The lowest BCUT2D eigenvalue weighted by atomic mass is 10.2. The van der Waals surface area contributed by atoms with Gasteiger partial charge in [-0.3, -0.25) is 4.79 Å². The Morgan fingerprint density at radius 1 is 1.25 bits per heavy atom. The monoisotopic (exact) mass is 341 g/mol. The molecule has 0 spiro atoms. The molecule has 0 radical (unpaired) electrons. The maximum atomic E-state index is 12.5. The second-order valence-electron chi connectivity index (χ2n) is 5.43. The minimum atomic E-state index is -0.0813. The van der Waals surface area contributed by atoms with Gasteiger partial charge in [0.25, 0.3) is 5.91 Å². The Hall–Kier alpha value is -2.31. The summed E-state index contributed by atoms with van der Waals surface area (Å²) < 4.78 is 1.99. The molecule has 0 aliphatic rings. The Bertz CT molecular complexity index is 814. The third kappa shape index (κ3) is 3.60. The molecule has 2 aromatic heterocycles. The van der Waals surface area contributed by atoms with Gasteiger partial charge in [-0.2, -0.15) is 0 Å². The largest absolute Gasteiger partial charge is 0.395 e. The van der Waals surface area contributed by atoms with E-state index in [-0.39, 0.29) is 12.5 Å². The van der Waals surface area contributed by atoms with Gasteiger partial charge < -0.3 is 14.4 Å². The van der Waals surface area contributed by atoms with E-state index in [2.05, 4.69) is 4.98 Å². The number of benzene rings is 1. The number of amides is 1. The number of nitrogens with zero attached hydrogens (tertiary/aromatic N) is 3. The minimum Gasteiger partial charge on any atom is -0.395 e. The number of likely N-dealkylation sites (N-methyl/N-ethyl adjacent to an activating group) is 1. The van der Waals surface area contributed by atoms with Crippen LogP contribution >= 0.6 is 11.8 Å². The van der Waals surface area contributed by atoms with Crippen molar-refractivity contribution in [2.45, 2.75) is 10.6 Å². The van der Waals surface area contributed by atoms with E-state index < -0.39 is 0 Å². The smallest absolute Gasteiger partial charge is 0.254 e. The van der Waals surface area contributed by atoms with Gasteiger partial charge in [-0.15, -0.1) is 11.8 Å². The standard InChI is InChI=1S/C18H19N3O2S/c1-20(10-11-22)18(23)15-6-2-3-7-16(15)24-13-14-12-21-9-5-4-8-17(21)19-14/h2-9,12,22H,10-11,13H2,1H3. The number of fused-ring (bicyclic) bond motifs is 1. The molecule has 3 aromatic rings. The Kier molecular flexibility index (Phi) is 5.17. The van der Waals surface area contributed by atoms with Crippen molar-refractivity contribution in [3.05, 3.63) is 66.1 Å². The Morgan fingerprint density at radius 3 is 2.83 bits per heavy atom. The van der Waals surface area contributed by atoms with E-state index in [1.807, 2.05) is 59.3 Å².